The van der Waals surface area contributed by atoms with Gasteiger partial charge in [-0.3, -0.25) is 0 Å². The van der Waals surface area contributed by atoms with Crippen molar-refractivity contribution in [1.82, 2.24) is 34.5 Å². The summed E-state index contributed by atoms with van der Waals surface area (Å²) in [5, 5.41) is 3.28. The number of fused-ring (bicyclic) bond motifs is 6. The average molecular weight is 796 g/mol. The molecule has 290 valence electrons. The number of aromatic nitrogens is 7. The molecule has 0 radical (unpaired) electrons. The molecule has 0 aliphatic heterocycles. The Kier molecular flexibility index (Phi) is 8.31. The van der Waals surface area contributed by atoms with Crippen LogP contribution in [-0.4, -0.2) is 34.5 Å². The molecule has 5 aromatic heterocycles. The van der Waals surface area contributed by atoms with Crippen LogP contribution in [0.15, 0.2) is 205 Å². The van der Waals surface area contributed by atoms with Crippen LogP contribution in [0, 0.1) is 0 Å². The third-order valence-electron chi connectivity index (χ3n) is 11.4. The molecule has 0 saturated heterocycles. The molecule has 0 atom stereocenters. The molecule has 0 saturated carbocycles. The van der Waals surface area contributed by atoms with Gasteiger partial charge in [-0.05, 0) is 59.2 Å². The largest absolute Gasteiger partial charge is 0.434 e. The Balaban J connectivity index is 0.876. The molecule has 8 nitrogen and oxygen atoms in total. The summed E-state index contributed by atoms with van der Waals surface area (Å²) in [4.78, 5) is 29.3. The van der Waals surface area contributed by atoms with Crippen molar-refractivity contribution in [3.05, 3.63) is 200 Å². The normalized spacial score (nSPS) is 11.5. The number of rotatable bonds is 7. The van der Waals surface area contributed by atoms with Crippen molar-refractivity contribution in [1.29, 1.82) is 0 Å². The SMILES string of the molecule is c1ccc(-c2ccc(-c3ncc4oc5ncc(-c6ccc(-c7nc(-c8ccccc8)nc(-c8ccc(-n9c%10ccccc%10c%10ccccc%109)cc8)n7)cc6)cc5c4n3)cc2)cc1. The van der Waals surface area contributed by atoms with Gasteiger partial charge in [0.15, 0.2) is 28.9 Å². The highest BCUT2D eigenvalue weighted by atomic mass is 16.3. The number of para-hydroxylation sites is 2. The minimum absolute atomic E-state index is 0.514. The fourth-order valence-electron chi connectivity index (χ4n) is 8.31. The van der Waals surface area contributed by atoms with E-state index in [-0.39, 0.29) is 0 Å². The van der Waals surface area contributed by atoms with Crippen molar-refractivity contribution in [2.24, 2.45) is 0 Å². The van der Waals surface area contributed by atoms with Gasteiger partial charge in [-0.25, -0.2) is 29.9 Å². The van der Waals surface area contributed by atoms with Crippen molar-refractivity contribution >= 4 is 44.0 Å². The molecule has 12 aromatic rings. The fraction of sp³-hybridized carbons (Fsp3) is 0. The van der Waals surface area contributed by atoms with E-state index < -0.39 is 0 Å². The Bertz CT molecular complexity index is 3550. The summed E-state index contributed by atoms with van der Waals surface area (Å²) in [6.45, 7) is 0. The average Bonchev–Trinajstić information content (AvgIpc) is 3.90. The second-order valence-electron chi connectivity index (χ2n) is 15.2. The molecule has 5 heterocycles. The molecule has 0 aliphatic rings. The Labute approximate surface area is 355 Å². The van der Waals surface area contributed by atoms with Crippen LogP contribution >= 0.6 is 0 Å². The zero-order chi connectivity index (χ0) is 41.0. The summed E-state index contributed by atoms with van der Waals surface area (Å²) in [6, 6.07) is 64.5. The molecule has 7 aromatic carbocycles. The molecule has 62 heavy (non-hydrogen) atoms. The fourth-order valence-corrected chi connectivity index (χ4v) is 8.31. The van der Waals surface area contributed by atoms with E-state index >= 15 is 0 Å². The number of pyridine rings is 1. The number of nitrogens with zero attached hydrogens (tertiary/aromatic N) is 7. The van der Waals surface area contributed by atoms with Crippen LogP contribution in [0.25, 0.3) is 117 Å². The number of furan rings is 1. The molecule has 0 spiro atoms. The molecular formula is C54H33N7O. The van der Waals surface area contributed by atoms with E-state index in [9.17, 15) is 0 Å². The number of hydrogen-bond donors (Lipinski definition) is 0. The minimum Gasteiger partial charge on any atom is -0.434 e. The highest BCUT2D eigenvalue weighted by molar-refractivity contribution is 6.09. The van der Waals surface area contributed by atoms with Gasteiger partial charge < -0.3 is 8.98 Å². The summed E-state index contributed by atoms with van der Waals surface area (Å²) >= 11 is 0. The molecule has 8 heteroatoms. The van der Waals surface area contributed by atoms with Gasteiger partial charge in [0.05, 0.1) is 22.6 Å². The quantitative estimate of drug-likeness (QED) is 0.158. The standard InChI is InChI=1S/C54H33N7O/c1-3-11-34(12-4-1)35-19-23-38(24-20-35)50-55-33-48-49(57-50)45-31-41(32-56-54(45)62-48)36-21-25-39(26-22-36)52-58-51(37-13-5-2-6-14-37)59-53(60-52)40-27-29-42(30-28-40)61-46-17-9-7-15-43(46)44-16-8-10-18-47(44)61/h1-33H. The summed E-state index contributed by atoms with van der Waals surface area (Å²) < 4.78 is 8.39. The van der Waals surface area contributed by atoms with E-state index in [1.54, 1.807) is 6.20 Å². The highest BCUT2D eigenvalue weighted by Crippen LogP contribution is 2.35. The Morgan fingerprint density at radius 3 is 1.39 bits per heavy atom. The van der Waals surface area contributed by atoms with Crippen molar-refractivity contribution in [3.8, 4) is 73.5 Å². The van der Waals surface area contributed by atoms with E-state index in [2.05, 4.69) is 137 Å². The zero-order valence-corrected chi connectivity index (χ0v) is 33.1. The van der Waals surface area contributed by atoms with Crippen LogP contribution in [0.4, 0.5) is 0 Å². The van der Waals surface area contributed by atoms with Crippen molar-refractivity contribution in [2.75, 3.05) is 0 Å². The maximum Gasteiger partial charge on any atom is 0.229 e. The third-order valence-corrected chi connectivity index (χ3v) is 11.4. The molecule has 0 aliphatic carbocycles. The van der Waals surface area contributed by atoms with Crippen LogP contribution in [0.1, 0.15) is 0 Å². The Hall–Kier alpha value is -8.62. The Morgan fingerprint density at radius 2 is 0.790 bits per heavy atom. The first kappa shape index (κ1) is 35.3. The molecule has 0 bridgehead atoms. The smallest absolute Gasteiger partial charge is 0.229 e. The van der Waals surface area contributed by atoms with Crippen LogP contribution in [0.5, 0.6) is 0 Å². The van der Waals surface area contributed by atoms with Crippen molar-refractivity contribution in [3.63, 3.8) is 0 Å². The van der Waals surface area contributed by atoms with E-state index in [4.69, 9.17) is 29.3 Å². The maximum atomic E-state index is 6.08. The first-order valence-electron chi connectivity index (χ1n) is 20.4. The third kappa shape index (κ3) is 6.17. The maximum absolute atomic E-state index is 6.08. The number of benzene rings is 7. The second kappa shape index (κ2) is 14.6. The van der Waals surface area contributed by atoms with Gasteiger partial charge in [0.25, 0.3) is 0 Å². The summed E-state index contributed by atoms with van der Waals surface area (Å²) in [6.07, 6.45) is 3.56. The topological polar surface area (TPSA) is 95.4 Å². The Morgan fingerprint density at radius 1 is 0.339 bits per heavy atom. The van der Waals surface area contributed by atoms with E-state index in [1.807, 2.05) is 66.9 Å². The summed E-state index contributed by atoms with van der Waals surface area (Å²) in [5.41, 5.74) is 13.0. The zero-order valence-electron chi connectivity index (χ0n) is 33.1. The molecule has 0 N–H and O–H groups in total. The van der Waals surface area contributed by atoms with E-state index in [1.165, 1.54) is 10.8 Å². The van der Waals surface area contributed by atoms with Gasteiger partial charge in [0.2, 0.25) is 5.71 Å². The van der Waals surface area contributed by atoms with Crippen LogP contribution < -0.4 is 0 Å². The lowest BCUT2D eigenvalue weighted by atomic mass is 10.0. The van der Waals surface area contributed by atoms with Gasteiger partial charge >= 0.3 is 0 Å². The molecule has 12 rings (SSSR count). The molecule has 0 unspecified atom stereocenters. The molecule has 0 amide bonds. The van der Waals surface area contributed by atoms with Gasteiger partial charge in [-0.15, -0.1) is 0 Å². The predicted molar refractivity (Wildman–Crippen MR) is 247 cm³/mol. The van der Waals surface area contributed by atoms with Crippen LogP contribution in [0.2, 0.25) is 0 Å². The molecular weight excluding hydrogens is 763 g/mol. The lowest BCUT2D eigenvalue weighted by Gasteiger charge is -2.11. The van der Waals surface area contributed by atoms with Gasteiger partial charge in [0, 0.05) is 50.5 Å². The first-order chi connectivity index (χ1) is 30.7. The van der Waals surface area contributed by atoms with E-state index in [0.717, 1.165) is 72.1 Å². The minimum atomic E-state index is 0.514. The van der Waals surface area contributed by atoms with Gasteiger partial charge in [0.1, 0.15) is 5.52 Å². The summed E-state index contributed by atoms with van der Waals surface area (Å²) in [7, 11) is 0. The van der Waals surface area contributed by atoms with Crippen LogP contribution in [0.3, 0.4) is 0 Å². The number of hydrogen-bond acceptors (Lipinski definition) is 7. The van der Waals surface area contributed by atoms with Crippen molar-refractivity contribution in [2.45, 2.75) is 0 Å². The van der Waals surface area contributed by atoms with Crippen LogP contribution in [-0.2, 0) is 0 Å². The molecule has 0 fully saturated rings. The van der Waals surface area contributed by atoms with E-state index in [0.29, 0.717) is 34.6 Å². The summed E-state index contributed by atoms with van der Waals surface area (Å²) in [5.74, 6) is 2.42. The first-order valence-corrected chi connectivity index (χ1v) is 20.4. The monoisotopic (exact) mass is 795 g/mol. The van der Waals surface area contributed by atoms with Gasteiger partial charge in [-0.2, -0.15) is 0 Å². The van der Waals surface area contributed by atoms with Gasteiger partial charge in [-0.1, -0.05) is 146 Å². The second-order valence-corrected chi connectivity index (χ2v) is 15.2. The lowest BCUT2D eigenvalue weighted by molar-refractivity contribution is 0.651. The van der Waals surface area contributed by atoms with Crippen molar-refractivity contribution < 1.29 is 4.42 Å². The lowest BCUT2D eigenvalue weighted by Crippen LogP contribution is -2.00. The predicted octanol–water partition coefficient (Wildman–Crippen LogP) is 13.1. The highest BCUT2D eigenvalue weighted by Gasteiger charge is 2.17.